The van der Waals surface area contributed by atoms with Gasteiger partial charge in [-0.15, -0.1) is 0 Å². The lowest BCUT2D eigenvalue weighted by molar-refractivity contribution is 0.192. The van der Waals surface area contributed by atoms with E-state index >= 15 is 0 Å². The Balaban J connectivity index is 1.73. The molecule has 0 unspecified atom stereocenters. The first-order valence-electron chi connectivity index (χ1n) is 7.16. The van der Waals surface area contributed by atoms with Crippen LogP contribution in [0.5, 0.6) is 0 Å². The number of carboxylic acid groups (broad SMARTS) is 1. The summed E-state index contributed by atoms with van der Waals surface area (Å²) in [4.78, 5) is 15.2. The highest BCUT2D eigenvalue weighted by Gasteiger charge is 2.17. The molecule has 2 N–H and O–H groups in total. The lowest BCUT2D eigenvalue weighted by Gasteiger charge is -2.36. The van der Waals surface area contributed by atoms with Crippen molar-refractivity contribution in [2.45, 2.75) is 13.3 Å². The van der Waals surface area contributed by atoms with Crippen molar-refractivity contribution < 1.29 is 9.90 Å². The standard InChI is InChI=1S/C15H23N3O2/c1-13-5-2-3-6-14(13)18-11-9-17(10-12-18)8-4-7-16-15(19)20/h2-3,5-6,16H,4,7-12H2,1H3,(H,19,20). The molecule has 1 saturated heterocycles. The maximum absolute atomic E-state index is 10.4. The molecule has 110 valence electrons. The predicted octanol–water partition coefficient (Wildman–Crippen LogP) is 1.77. The van der Waals surface area contributed by atoms with E-state index in [0.29, 0.717) is 6.54 Å². The molecule has 1 amide bonds. The Labute approximate surface area is 120 Å². The van der Waals surface area contributed by atoms with Crippen molar-refractivity contribution in [1.82, 2.24) is 10.2 Å². The number of hydrogen-bond acceptors (Lipinski definition) is 3. The van der Waals surface area contributed by atoms with E-state index in [9.17, 15) is 4.79 Å². The molecular formula is C15H23N3O2. The minimum Gasteiger partial charge on any atom is -0.465 e. The fourth-order valence-corrected chi connectivity index (χ4v) is 2.63. The van der Waals surface area contributed by atoms with Gasteiger partial charge in [0, 0.05) is 38.4 Å². The lowest BCUT2D eigenvalue weighted by Crippen LogP contribution is -2.47. The third-order valence-corrected chi connectivity index (χ3v) is 3.76. The fraction of sp³-hybridized carbons (Fsp3) is 0.533. The first-order valence-corrected chi connectivity index (χ1v) is 7.16. The average Bonchev–Trinajstić information content (AvgIpc) is 2.45. The molecule has 0 aliphatic carbocycles. The SMILES string of the molecule is Cc1ccccc1N1CCN(CCCNC(=O)O)CC1. The smallest absolute Gasteiger partial charge is 0.404 e. The zero-order chi connectivity index (χ0) is 14.4. The molecule has 1 heterocycles. The number of para-hydroxylation sites is 1. The van der Waals surface area contributed by atoms with E-state index in [1.165, 1.54) is 11.3 Å². The van der Waals surface area contributed by atoms with Gasteiger partial charge in [0.05, 0.1) is 0 Å². The molecule has 5 heteroatoms. The molecule has 0 bridgehead atoms. The van der Waals surface area contributed by atoms with Gasteiger partial charge >= 0.3 is 6.09 Å². The molecule has 5 nitrogen and oxygen atoms in total. The van der Waals surface area contributed by atoms with Crippen LogP contribution in [0.1, 0.15) is 12.0 Å². The molecule has 0 radical (unpaired) electrons. The van der Waals surface area contributed by atoms with E-state index in [1.54, 1.807) is 0 Å². The lowest BCUT2D eigenvalue weighted by atomic mass is 10.1. The number of nitrogens with one attached hydrogen (secondary N) is 1. The molecule has 2 rings (SSSR count). The maximum atomic E-state index is 10.4. The van der Waals surface area contributed by atoms with Crippen molar-refractivity contribution in [1.29, 1.82) is 0 Å². The van der Waals surface area contributed by atoms with Crippen molar-refractivity contribution in [3.8, 4) is 0 Å². The highest BCUT2D eigenvalue weighted by atomic mass is 16.4. The number of anilines is 1. The van der Waals surface area contributed by atoms with Crippen LogP contribution in [-0.2, 0) is 0 Å². The van der Waals surface area contributed by atoms with Gasteiger partial charge in [-0.1, -0.05) is 18.2 Å². The molecule has 1 fully saturated rings. The summed E-state index contributed by atoms with van der Waals surface area (Å²) in [5.74, 6) is 0. The number of benzene rings is 1. The van der Waals surface area contributed by atoms with Gasteiger partial charge < -0.3 is 15.3 Å². The summed E-state index contributed by atoms with van der Waals surface area (Å²) in [7, 11) is 0. The van der Waals surface area contributed by atoms with Crippen LogP contribution >= 0.6 is 0 Å². The molecule has 1 aromatic carbocycles. The quantitative estimate of drug-likeness (QED) is 0.806. The Kier molecular flexibility index (Phi) is 5.24. The average molecular weight is 277 g/mol. The van der Waals surface area contributed by atoms with Crippen LogP contribution in [0.15, 0.2) is 24.3 Å². The summed E-state index contributed by atoms with van der Waals surface area (Å²) in [5.41, 5.74) is 2.66. The Bertz CT molecular complexity index is 442. The Morgan fingerprint density at radius 3 is 2.60 bits per heavy atom. The Hall–Kier alpha value is -1.75. The van der Waals surface area contributed by atoms with Gasteiger partial charge in [0.15, 0.2) is 0 Å². The molecular weight excluding hydrogens is 254 g/mol. The monoisotopic (exact) mass is 277 g/mol. The second kappa shape index (κ2) is 7.14. The van der Waals surface area contributed by atoms with E-state index in [1.807, 2.05) is 0 Å². The van der Waals surface area contributed by atoms with Crippen LogP contribution in [0.3, 0.4) is 0 Å². The highest BCUT2D eigenvalue weighted by molar-refractivity contribution is 5.64. The second-order valence-electron chi connectivity index (χ2n) is 5.20. The van der Waals surface area contributed by atoms with Gasteiger partial charge in [0.2, 0.25) is 0 Å². The van der Waals surface area contributed by atoms with Gasteiger partial charge in [-0.2, -0.15) is 0 Å². The summed E-state index contributed by atoms with van der Waals surface area (Å²) in [6.45, 7) is 7.81. The van der Waals surface area contributed by atoms with Crippen molar-refractivity contribution in [3.63, 3.8) is 0 Å². The molecule has 0 spiro atoms. The summed E-state index contributed by atoms with van der Waals surface area (Å²) in [5, 5.41) is 10.9. The first-order chi connectivity index (χ1) is 9.66. The number of rotatable bonds is 5. The van der Waals surface area contributed by atoms with Crippen molar-refractivity contribution in [3.05, 3.63) is 29.8 Å². The van der Waals surface area contributed by atoms with Crippen LogP contribution in [0.2, 0.25) is 0 Å². The van der Waals surface area contributed by atoms with Crippen LogP contribution in [0, 0.1) is 6.92 Å². The van der Waals surface area contributed by atoms with E-state index in [-0.39, 0.29) is 0 Å². The van der Waals surface area contributed by atoms with Crippen molar-refractivity contribution in [2.24, 2.45) is 0 Å². The predicted molar refractivity (Wildman–Crippen MR) is 80.5 cm³/mol. The normalized spacial score (nSPS) is 16.1. The molecule has 20 heavy (non-hydrogen) atoms. The Morgan fingerprint density at radius 2 is 1.95 bits per heavy atom. The summed E-state index contributed by atoms with van der Waals surface area (Å²) in [6.07, 6.45) is -0.0641. The number of aryl methyl sites for hydroxylation is 1. The second-order valence-corrected chi connectivity index (χ2v) is 5.20. The van der Waals surface area contributed by atoms with E-state index in [0.717, 1.165) is 39.1 Å². The third-order valence-electron chi connectivity index (χ3n) is 3.76. The van der Waals surface area contributed by atoms with Crippen LogP contribution in [-0.4, -0.2) is 55.4 Å². The van der Waals surface area contributed by atoms with E-state index < -0.39 is 6.09 Å². The minimum atomic E-state index is -0.936. The van der Waals surface area contributed by atoms with Crippen LogP contribution in [0.25, 0.3) is 0 Å². The number of piperazine rings is 1. The molecule has 1 aromatic rings. The zero-order valence-corrected chi connectivity index (χ0v) is 12.0. The number of carbonyl (C=O) groups is 1. The molecule has 1 aliphatic rings. The number of nitrogens with zero attached hydrogens (tertiary/aromatic N) is 2. The zero-order valence-electron chi connectivity index (χ0n) is 12.0. The summed E-state index contributed by atoms with van der Waals surface area (Å²) < 4.78 is 0. The van der Waals surface area contributed by atoms with Gasteiger partial charge in [0.1, 0.15) is 0 Å². The highest BCUT2D eigenvalue weighted by Crippen LogP contribution is 2.20. The molecule has 0 aromatic heterocycles. The van der Waals surface area contributed by atoms with Gasteiger partial charge in [-0.25, -0.2) is 4.79 Å². The maximum Gasteiger partial charge on any atom is 0.404 e. The van der Waals surface area contributed by atoms with E-state index in [4.69, 9.17) is 5.11 Å². The molecule has 0 saturated carbocycles. The first kappa shape index (κ1) is 14.7. The largest absolute Gasteiger partial charge is 0.465 e. The summed E-state index contributed by atoms with van der Waals surface area (Å²) in [6, 6.07) is 8.50. The molecule has 1 aliphatic heterocycles. The fourth-order valence-electron chi connectivity index (χ4n) is 2.63. The number of amides is 1. The van der Waals surface area contributed by atoms with Crippen LogP contribution < -0.4 is 10.2 Å². The van der Waals surface area contributed by atoms with Gasteiger partial charge in [0.25, 0.3) is 0 Å². The van der Waals surface area contributed by atoms with E-state index in [2.05, 4.69) is 46.3 Å². The Morgan fingerprint density at radius 1 is 1.25 bits per heavy atom. The molecule has 0 atom stereocenters. The minimum absolute atomic E-state index is 0.535. The van der Waals surface area contributed by atoms with Crippen LogP contribution in [0.4, 0.5) is 10.5 Å². The topological polar surface area (TPSA) is 55.8 Å². The third kappa shape index (κ3) is 4.13. The van der Waals surface area contributed by atoms with Crippen molar-refractivity contribution >= 4 is 11.8 Å². The van der Waals surface area contributed by atoms with Crippen molar-refractivity contribution in [2.75, 3.05) is 44.2 Å². The summed E-state index contributed by atoms with van der Waals surface area (Å²) >= 11 is 0. The number of hydrogen-bond donors (Lipinski definition) is 2. The van der Waals surface area contributed by atoms with Gasteiger partial charge in [-0.05, 0) is 31.5 Å². The van der Waals surface area contributed by atoms with Gasteiger partial charge in [-0.3, -0.25) is 4.90 Å².